The van der Waals surface area contributed by atoms with E-state index in [2.05, 4.69) is 4.98 Å². The molecule has 0 spiro atoms. The third-order valence-electron chi connectivity index (χ3n) is 1.40. The predicted molar refractivity (Wildman–Crippen MR) is 45.2 cm³/mol. The number of aromatic nitrogens is 1. The average molecular weight is 224 g/mol. The summed E-state index contributed by atoms with van der Waals surface area (Å²) in [7, 11) is 0. The fourth-order valence-corrected chi connectivity index (χ4v) is 1.50. The van der Waals surface area contributed by atoms with Crippen LogP contribution in [0.25, 0.3) is 0 Å². The summed E-state index contributed by atoms with van der Waals surface area (Å²) in [5, 5.41) is 1.77. The summed E-state index contributed by atoms with van der Waals surface area (Å²) < 4.78 is 35.2. The summed E-state index contributed by atoms with van der Waals surface area (Å²) in [6, 6.07) is 0. The topological polar surface area (TPSA) is 42.0 Å². The molecule has 0 saturated heterocycles. The van der Waals surface area contributed by atoms with Crippen molar-refractivity contribution in [2.75, 3.05) is 6.54 Å². The van der Waals surface area contributed by atoms with E-state index in [4.69, 9.17) is 0 Å². The van der Waals surface area contributed by atoms with Gasteiger partial charge in [0.1, 0.15) is 11.4 Å². The molecule has 0 aromatic carbocycles. The Morgan fingerprint density at radius 2 is 2.29 bits per heavy atom. The van der Waals surface area contributed by atoms with Gasteiger partial charge in [0.15, 0.2) is 0 Å². The van der Waals surface area contributed by atoms with E-state index in [-0.39, 0.29) is 4.88 Å². The van der Waals surface area contributed by atoms with Gasteiger partial charge >= 0.3 is 6.18 Å². The molecule has 78 valence electrons. The van der Waals surface area contributed by atoms with Gasteiger partial charge in [0, 0.05) is 0 Å². The number of aryl methyl sites for hydroxylation is 1. The first-order chi connectivity index (χ1) is 6.40. The minimum Gasteiger partial charge on any atom is -0.342 e. The Morgan fingerprint density at radius 1 is 1.64 bits per heavy atom. The lowest BCUT2D eigenvalue weighted by Crippen LogP contribution is -2.33. The highest BCUT2D eigenvalue weighted by Gasteiger charge is 2.28. The van der Waals surface area contributed by atoms with E-state index >= 15 is 0 Å². The van der Waals surface area contributed by atoms with E-state index < -0.39 is 18.6 Å². The van der Waals surface area contributed by atoms with Crippen molar-refractivity contribution in [1.82, 2.24) is 10.3 Å². The Balaban J connectivity index is 2.56. The van der Waals surface area contributed by atoms with Crippen molar-refractivity contribution in [3.8, 4) is 0 Å². The maximum atomic E-state index is 11.7. The van der Waals surface area contributed by atoms with Crippen molar-refractivity contribution in [2.45, 2.75) is 13.1 Å². The van der Waals surface area contributed by atoms with Gasteiger partial charge in [0.25, 0.3) is 5.91 Å². The number of amides is 1. The minimum absolute atomic E-state index is 0.217. The Labute approximate surface area is 82.0 Å². The molecule has 0 aliphatic heterocycles. The van der Waals surface area contributed by atoms with Crippen molar-refractivity contribution < 1.29 is 18.0 Å². The molecule has 1 amide bonds. The number of carbonyl (C=O) groups excluding carboxylic acids is 1. The van der Waals surface area contributed by atoms with Crippen LogP contribution in [0.5, 0.6) is 0 Å². The zero-order valence-corrected chi connectivity index (χ0v) is 8.00. The molecule has 14 heavy (non-hydrogen) atoms. The summed E-state index contributed by atoms with van der Waals surface area (Å²) in [5.74, 6) is -0.734. The fraction of sp³-hybridized carbons (Fsp3) is 0.429. The van der Waals surface area contributed by atoms with Crippen LogP contribution in [-0.2, 0) is 0 Å². The van der Waals surface area contributed by atoms with E-state index in [1.54, 1.807) is 12.2 Å². The van der Waals surface area contributed by atoms with Gasteiger partial charge in [-0.3, -0.25) is 4.79 Å². The van der Waals surface area contributed by atoms with Gasteiger partial charge in [-0.25, -0.2) is 4.98 Å². The standard InChI is InChI=1S/C7H7F3N2OS/c1-4-5(14-3-12-4)6(13)11-2-7(8,9)10/h3H,2H2,1H3,(H,11,13). The summed E-state index contributed by atoms with van der Waals surface area (Å²) in [4.78, 5) is 15.1. The zero-order chi connectivity index (χ0) is 10.8. The van der Waals surface area contributed by atoms with E-state index in [9.17, 15) is 18.0 Å². The van der Waals surface area contributed by atoms with Crippen LogP contribution in [0.3, 0.4) is 0 Å². The second kappa shape index (κ2) is 3.95. The molecule has 1 N–H and O–H groups in total. The first kappa shape index (κ1) is 11.0. The van der Waals surface area contributed by atoms with Gasteiger partial charge in [-0.2, -0.15) is 13.2 Å². The number of hydrogen-bond donors (Lipinski definition) is 1. The highest BCUT2D eigenvalue weighted by atomic mass is 32.1. The smallest absolute Gasteiger partial charge is 0.342 e. The molecular weight excluding hydrogens is 217 g/mol. The summed E-state index contributed by atoms with van der Waals surface area (Å²) in [6.45, 7) is 0.252. The van der Waals surface area contributed by atoms with Gasteiger partial charge in [-0.15, -0.1) is 11.3 Å². The summed E-state index contributed by atoms with van der Waals surface area (Å²) in [6.07, 6.45) is -4.38. The van der Waals surface area contributed by atoms with Crippen LogP contribution in [0.15, 0.2) is 5.51 Å². The molecule has 0 aliphatic carbocycles. The zero-order valence-electron chi connectivity index (χ0n) is 7.18. The van der Waals surface area contributed by atoms with Crippen LogP contribution in [-0.4, -0.2) is 23.6 Å². The van der Waals surface area contributed by atoms with E-state index in [0.717, 1.165) is 11.3 Å². The number of nitrogens with zero attached hydrogens (tertiary/aromatic N) is 1. The third-order valence-corrected chi connectivity index (χ3v) is 2.33. The van der Waals surface area contributed by atoms with E-state index in [1.165, 1.54) is 5.51 Å². The van der Waals surface area contributed by atoms with Crippen LogP contribution in [0, 0.1) is 6.92 Å². The maximum absolute atomic E-state index is 11.7. The maximum Gasteiger partial charge on any atom is 0.405 e. The Bertz CT molecular complexity index is 334. The van der Waals surface area contributed by atoms with Gasteiger partial charge in [0.05, 0.1) is 11.2 Å². The molecule has 7 heteroatoms. The molecule has 0 saturated carbocycles. The molecular formula is C7H7F3N2OS. The van der Waals surface area contributed by atoms with Gasteiger partial charge in [-0.1, -0.05) is 0 Å². The molecule has 1 heterocycles. The Morgan fingerprint density at radius 3 is 2.71 bits per heavy atom. The summed E-state index contributed by atoms with van der Waals surface area (Å²) >= 11 is 1.02. The van der Waals surface area contributed by atoms with Gasteiger partial charge in [0.2, 0.25) is 0 Å². The number of rotatable bonds is 2. The number of halogens is 3. The largest absolute Gasteiger partial charge is 0.405 e. The SMILES string of the molecule is Cc1ncsc1C(=O)NCC(F)(F)F. The Kier molecular flexibility index (Phi) is 3.10. The fourth-order valence-electron chi connectivity index (χ4n) is 0.781. The van der Waals surface area contributed by atoms with Crippen LogP contribution >= 0.6 is 11.3 Å². The molecule has 0 fully saturated rings. The van der Waals surface area contributed by atoms with Crippen LogP contribution < -0.4 is 5.32 Å². The van der Waals surface area contributed by atoms with Gasteiger partial charge < -0.3 is 5.32 Å². The van der Waals surface area contributed by atoms with Crippen molar-refractivity contribution in [1.29, 1.82) is 0 Å². The number of carbonyl (C=O) groups is 1. The van der Waals surface area contributed by atoms with Crippen LogP contribution in [0.2, 0.25) is 0 Å². The first-order valence-corrected chi connectivity index (χ1v) is 4.53. The third kappa shape index (κ3) is 2.99. The lowest BCUT2D eigenvalue weighted by atomic mass is 10.4. The highest BCUT2D eigenvalue weighted by molar-refractivity contribution is 7.11. The quantitative estimate of drug-likeness (QED) is 0.831. The van der Waals surface area contributed by atoms with Crippen molar-refractivity contribution in [3.05, 3.63) is 16.1 Å². The highest BCUT2D eigenvalue weighted by Crippen LogP contribution is 2.15. The lowest BCUT2D eigenvalue weighted by Gasteiger charge is -2.07. The number of nitrogens with one attached hydrogen (secondary N) is 1. The molecule has 3 nitrogen and oxygen atoms in total. The molecule has 0 radical (unpaired) electrons. The second-order valence-electron chi connectivity index (χ2n) is 2.56. The van der Waals surface area contributed by atoms with E-state index in [0.29, 0.717) is 5.69 Å². The normalized spacial score (nSPS) is 11.4. The molecule has 0 unspecified atom stereocenters. The van der Waals surface area contributed by atoms with Crippen LogP contribution in [0.4, 0.5) is 13.2 Å². The van der Waals surface area contributed by atoms with Crippen molar-refractivity contribution >= 4 is 17.2 Å². The van der Waals surface area contributed by atoms with Gasteiger partial charge in [-0.05, 0) is 6.92 Å². The minimum atomic E-state index is -4.38. The summed E-state index contributed by atoms with van der Waals surface area (Å²) in [5.41, 5.74) is 1.85. The molecule has 0 aliphatic rings. The number of hydrogen-bond acceptors (Lipinski definition) is 3. The van der Waals surface area contributed by atoms with E-state index in [1.807, 2.05) is 0 Å². The van der Waals surface area contributed by atoms with Crippen molar-refractivity contribution in [2.24, 2.45) is 0 Å². The van der Waals surface area contributed by atoms with Crippen molar-refractivity contribution in [3.63, 3.8) is 0 Å². The first-order valence-electron chi connectivity index (χ1n) is 3.65. The van der Waals surface area contributed by atoms with Crippen LogP contribution in [0.1, 0.15) is 15.4 Å². The number of thiazole rings is 1. The average Bonchev–Trinajstić information content (AvgIpc) is 2.46. The molecule has 1 aromatic heterocycles. The molecule has 0 atom stereocenters. The lowest BCUT2D eigenvalue weighted by molar-refractivity contribution is -0.123. The monoisotopic (exact) mass is 224 g/mol. The molecule has 1 aromatic rings. The molecule has 1 rings (SSSR count). The molecule has 0 bridgehead atoms. The Hall–Kier alpha value is -1.11. The number of alkyl halides is 3. The predicted octanol–water partition coefficient (Wildman–Crippen LogP) is 1.74. The second-order valence-corrected chi connectivity index (χ2v) is 3.42.